The maximum Gasteiger partial charge on any atom is 0.136 e. The van der Waals surface area contributed by atoms with Crippen molar-refractivity contribution in [1.29, 1.82) is 0 Å². The third-order valence-electron chi connectivity index (χ3n) is 11.1. The molecular formula is C50H32OS. The van der Waals surface area contributed by atoms with Crippen LogP contribution in [0.3, 0.4) is 0 Å². The number of rotatable bonds is 3. The van der Waals surface area contributed by atoms with E-state index in [1.807, 2.05) is 17.4 Å². The summed E-state index contributed by atoms with van der Waals surface area (Å²) in [5, 5.41) is 12.5. The highest BCUT2D eigenvalue weighted by Crippen LogP contribution is 2.47. The third kappa shape index (κ3) is 4.28. The van der Waals surface area contributed by atoms with Gasteiger partial charge in [0.25, 0.3) is 0 Å². The van der Waals surface area contributed by atoms with Crippen LogP contribution in [0, 0.1) is 13.8 Å². The molecule has 11 aromatic rings. The van der Waals surface area contributed by atoms with Gasteiger partial charge in [0.15, 0.2) is 0 Å². The second-order valence-corrected chi connectivity index (χ2v) is 15.2. The Morgan fingerprint density at radius 3 is 1.69 bits per heavy atom. The minimum Gasteiger partial charge on any atom is -0.456 e. The smallest absolute Gasteiger partial charge is 0.136 e. The van der Waals surface area contributed by atoms with E-state index >= 15 is 0 Å². The first kappa shape index (κ1) is 29.5. The largest absolute Gasteiger partial charge is 0.456 e. The molecule has 0 unspecified atom stereocenters. The molecule has 0 aliphatic heterocycles. The van der Waals surface area contributed by atoms with E-state index in [-0.39, 0.29) is 0 Å². The van der Waals surface area contributed by atoms with E-state index in [4.69, 9.17) is 4.42 Å². The van der Waals surface area contributed by atoms with Gasteiger partial charge in [0.05, 0.1) is 0 Å². The van der Waals surface area contributed by atoms with Crippen molar-refractivity contribution in [3.8, 4) is 33.4 Å². The van der Waals surface area contributed by atoms with Gasteiger partial charge in [-0.25, -0.2) is 0 Å². The topological polar surface area (TPSA) is 13.1 Å². The predicted octanol–water partition coefficient (Wildman–Crippen LogP) is 15.0. The van der Waals surface area contributed by atoms with Crippen molar-refractivity contribution >= 4 is 85.8 Å². The van der Waals surface area contributed by atoms with Gasteiger partial charge in [0.2, 0.25) is 0 Å². The van der Waals surface area contributed by atoms with E-state index in [0.717, 1.165) is 27.5 Å². The van der Waals surface area contributed by atoms with Crippen molar-refractivity contribution in [3.63, 3.8) is 0 Å². The number of hydrogen-bond acceptors (Lipinski definition) is 2. The molecule has 0 saturated heterocycles. The average Bonchev–Trinajstić information content (AvgIpc) is 3.73. The molecule has 0 aliphatic rings. The van der Waals surface area contributed by atoms with Gasteiger partial charge in [0.1, 0.15) is 11.2 Å². The highest BCUT2D eigenvalue weighted by atomic mass is 32.1. The Hall–Kier alpha value is -6.22. The number of thiophene rings is 1. The molecule has 11 rings (SSSR count). The van der Waals surface area contributed by atoms with Crippen molar-refractivity contribution in [2.45, 2.75) is 13.8 Å². The van der Waals surface area contributed by atoms with Crippen LogP contribution in [0.15, 0.2) is 162 Å². The van der Waals surface area contributed by atoms with Crippen LogP contribution in [0.5, 0.6) is 0 Å². The van der Waals surface area contributed by atoms with E-state index in [2.05, 4.69) is 166 Å². The zero-order chi connectivity index (χ0) is 34.5. The lowest BCUT2D eigenvalue weighted by Gasteiger charge is -2.18. The lowest BCUT2D eigenvalue weighted by molar-refractivity contribution is 0.669. The molecule has 0 radical (unpaired) electrons. The maximum absolute atomic E-state index is 6.37. The van der Waals surface area contributed by atoms with Crippen LogP contribution in [-0.2, 0) is 0 Å². The van der Waals surface area contributed by atoms with Crippen LogP contribution in [0.25, 0.3) is 108 Å². The first-order chi connectivity index (χ1) is 25.6. The van der Waals surface area contributed by atoms with E-state index in [0.29, 0.717) is 0 Å². The molecule has 244 valence electrons. The summed E-state index contributed by atoms with van der Waals surface area (Å²) in [6.45, 7) is 4.46. The van der Waals surface area contributed by atoms with Crippen LogP contribution in [0.1, 0.15) is 11.1 Å². The number of benzene rings is 9. The van der Waals surface area contributed by atoms with Gasteiger partial charge >= 0.3 is 0 Å². The van der Waals surface area contributed by atoms with Crippen LogP contribution >= 0.6 is 11.3 Å². The summed E-state index contributed by atoms with van der Waals surface area (Å²) in [7, 11) is 0. The fraction of sp³-hybridized carbons (Fsp3) is 0.0400. The average molecular weight is 681 g/mol. The number of fused-ring (bicyclic) bond motifs is 9. The number of aryl methyl sites for hydroxylation is 2. The van der Waals surface area contributed by atoms with Gasteiger partial charge in [-0.2, -0.15) is 0 Å². The Balaban J connectivity index is 1.16. The molecule has 0 N–H and O–H groups in total. The quantitative estimate of drug-likeness (QED) is 0.169. The van der Waals surface area contributed by atoms with Crippen molar-refractivity contribution in [2.75, 3.05) is 0 Å². The normalized spacial score (nSPS) is 12.0. The minimum absolute atomic E-state index is 0.916. The fourth-order valence-electron chi connectivity index (χ4n) is 8.70. The van der Waals surface area contributed by atoms with Gasteiger partial charge < -0.3 is 4.42 Å². The molecule has 0 spiro atoms. The van der Waals surface area contributed by atoms with Crippen molar-refractivity contribution in [3.05, 3.63) is 169 Å². The number of hydrogen-bond donors (Lipinski definition) is 0. The molecule has 0 amide bonds. The van der Waals surface area contributed by atoms with Gasteiger partial charge in [-0.3, -0.25) is 0 Å². The molecule has 0 fully saturated rings. The summed E-state index contributed by atoms with van der Waals surface area (Å²) >= 11 is 1.89. The SMILES string of the molecule is Cc1ccccc1-c1c(C)ccc2cc3sc4ccc(-c5c6ccccc6c(-c6ccc7c(c6)oc6ccccc67)c6ccccc56)cc4c3cc12. The molecule has 0 bridgehead atoms. The molecular weight excluding hydrogens is 649 g/mol. The van der Waals surface area contributed by atoms with Crippen molar-refractivity contribution < 1.29 is 4.42 Å². The summed E-state index contributed by atoms with van der Waals surface area (Å²) in [5.74, 6) is 0. The van der Waals surface area contributed by atoms with E-state index in [9.17, 15) is 0 Å². The number of furan rings is 1. The zero-order valence-corrected chi connectivity index (χ0v) is 29.6. The molecule has 2 heterocycles. The number of para-hydroxylation sites is 1. The Morgan fingerprint density at radius 2 is 0.962 bits per heavy atom. The van der Waals surface area contributed by atoms with Gasteiger partial charge in [-0.1, -0.05) is 115 Å². The second kappa shape index (κ2) is 11.1. The first-order valence-corrected chi connectivity index (χ1v) is 18.7. The highest BCUT2D eigenvalue weighted by molar-refractivity contribution is 7.25. The van der Waals surface area contributed by atoms with Crippen molar-refractivity contribution in [2.24, 2.45) is 0 Å². The van der Waals surface area contributed by atoms with E-state index in [1.54, 1.807) is 0 Å². The molecule has 2 heteroatoms. The Labute approximate surface area is 305 Å². The summed E-state index contributed by atoms with van der Waals surface area (Å²) < 4.78 is 9.01. The summed E-state index contributed by atoms with van der Waals surface area (Å²) in [6, 6.07) is 58.1. The van der Waals surface area contributed by atoms with Crippen LogP contribution < -0.4 is 0 Å². The van der Waals surface area contributed by atoms with Crippen molar-refractivity contribution in [1.82, 2.24) is 0 Å². The van der Waals surface area contributed by atoms with Crippen LogP contribution in [0.4, 0.5) is 0 Å². The Kier molecular flexibility index (Phi) is 6.32. The molecule has 1 nitrogen and oxygen atoms in total. The summed E-state index contributed by atoms with van der Waals surface area (Å²) in [6.07, 6.45) is 0. The second-order valence-electron chi connectivity index (χ2n) is 14.1. The van der Waals surface area contributed by atoms with Gasteiger partial charge in [-0.05, 0) is 133 Å². The standard InChI is InChI=1S/C50H32OS/c1-29-11-3-4-12-34(29)48-30(2)19-20-31-27-47-43(28-41(31)48)42-25-32(22-24-46(42)52-47)49-37-14-5-7-16-39(37)50(40-17-8-6-15-38(40)49)33-21-23-36-35-13-9-10-18-44(35)51-45(36)26-33/h3-28H,1-2H3. The molecule has 52 heavy (non-hydrogen) atoms. The molecule has 2 aromatic heterocycles. The lowest BCUT2D eigenvalue weighted by Crippen LogP contribution is -1.91. The maximum atomic E-state index is 6.37. The minimum atomic E-state index is 0.916. The Morgan fingerprint density at radius 1 is 0.365 bits per heavy atom. The molecule has 9 aromatic carbocycles. The summed E-state index contributed by atoms with van der Waals surface area (Å²) in [5.41, 5.74) is 12.0. The molecule has 0 atom stereocenters. The zero-order valence-electron chi connectivity index (χ0n) is 28.8. The Bertz CT molecular complexity index is 3210. The monoisotopic (exact) mass is 680 g/mol. The van der Waals surface area contributed by atoms with E-state index in [1.165, 1.54) is 91.4 Å². The third-order valence-corrected chi connectivity index (χ3v) is 12.3. The first-order valence-electron chi connectivity index (χ1n) is 17.9. The summed E-state index contributed by atoms with van der Waals surface area (Å²) in [4.78, 5) is 0. The highest BCUT2D eigenvalue weighted by Gasteiger charge is 2.19. The lowest BCUT2D eigenvalue weighted by atomic mass is 9.85. The predicted molar refractivity (Wildman–Crippen MR) is 225 cm³/mol. The fourth-order valence-corrected chi connectivity index (χ4v) is 9.82. The van der Waals surface area contributed by atoms with Crippen LogP contribution in [-0.4, -0.2) is 0 Å². The molecule has 0 aliphatic carbocycles. The van der Waals surface area contributed by atoms with Gasteiger partial charge in [0, 0.05) is 30.9 Å². The van der Waals surface area contributed by atoms with E-state index < -0.39 is 0 Å². The molecule has 0 saturated carbocycles. The van der Waals surface area contributed by atoms with Crippen LogP contribution in [0.2, 0.25) is 0 Å². The van der Waals surface area contributed by atoms with Gasteiger partial charge in [-0.15, -0.1) is 11.3 Å².